The molecule has 1 aliphatic rings. The van der Waals surface area contributed by atoms with Crippen molar-refractivity contribution in [2.45, 2.75) is 13.3 Å². The first-order chi connectivity index (χ1) is 6.36. The van der Waals surface area contributed by atoms with Gasteiger partial charge in [-0.3, -0.25) is 0 Å². The van der Waals surface area contributed by atoms with Crippen LogP contribution in [0.3, 0.4) is 0 Å². The Hall–Kier alpha value is -1.57. The Morgan fingerprint density at radius 3 is 2.77 bits per heavy atom. The number of benzene rings is 1. The van der Waals surface area contributed by atoms with Crippen LogP contribution in [0.15, 0.2) is 36.1 Å². The largest absolute Gasteiger partial charge is 0.462 e. The predicted octanol–water partition coefficient (Wildman–Crippen LogP) is 2.34. The molecule has 1 heterocycles. The van der Waals surface area contributed by atoms with Crippen molar-refractivity contribution in [3.05, 3.63) is 41.7 Å². The van der Waals surface area contributed by atoms with Gasteiger partial charge in [0, 0.05) is 0 Å². The van der Waals surface area contributed by atoms with Gasteiger partial charge in [-0.05, 0) is 31.1 Å². The Morgan fingerprint density at radius 2 is 2.00 bits per heavy atom. The molecule has 1 aromatic carbocycles. The number of para-hydroxylation sites is 1. The molecule has 0 spiro atoms. The third-order valence-electron chi connectivity index (χ3n) is 1.85. The molecule has 0 fully saturated rings. The van der Waals surface area contributed by atoms with E-state index in [1.807, 2.05) is 31.9 Å². The maximum Gasteiger partial charge on any atom is 0.130 e. The summed E-state index contributed by atoms with van der Waals surface area (Å²) < 4.78 is 5.49. The fourth-order valence-corrected chi connectivity index (χ4v) is 1.24. The van der Waals surface area contributed by atoms with Crippen molar-refractivity contribution in [3.63, 3.8) is 0 Å². The van der Waals surface area contributed by atoms with E-state index in [-0.39, 0.29) is 0 Å². The summed E-state index contributed by atoms with van der Waals surface area (Å²) in [6.07, 6.45) is 3.10. The average Bonchev–Trinajstić information content (AvgIpc) is 2.21. The van der Waals surface area contributed by atoms with Crippen LogP contribution in [0.4, 0.5) is 0 Å². The van der Waals surface area contributed by atoms with Crippen LogP contribution in [-0.4, -0.2) is 6.79 Å². The third kappa shape index (κ3) is 2.18. The maximum absolute atomic E-state index is 8.00. The number of ether oxygens (including phenoxy) is 1. The van der Waals surface area contributed by atoms with Gasteiger partial charge in [-0.25, -0.2) is 0 Å². The Balaban J connectivity index is 0.000000396. The zero-order chi connectivity index (χ0) is 9.68. The second-order valence-electron chi connectivity index (χ2n) is 2.73. The lowest BCUT2D eigenvalue weighted by molar-refractivity contribution is -0.0979. The molecule has 0 radical (unpaired) electrons. The fourth-order valence-electron chi connectivity index (χ4n) is 1.24. The van der Waals surface area contributed by atoms with E-state index in [9.17, 15) is 0 Å². The van der Waals surface area contributed by atoms with Gasteiger partial charge < -0.3 is 9.53 Å². The number of carbonyl (C=O) groups excluding carboxylic acids is 1. The van der Waals surface area contributed by atoms with Crippen molar-refractivity contribution < 1.29 is 9.53 Å². The highest BCUT2D eigenvalue weighted by atomic mass is 16.5. The number of hydrogen-bond acceptors (Lipinski definition) is 2. The van der Waals surface area contributed by atoms with Crippen LogP contribution >= 0.6 is 0 Å². The van der Waals surface area contributed by atoms with Gasteiger partial charge in [-0.1, -0.05) is 18.2 Å². The van der Waals surface area contributed by atoms with E-state index >= 15 is 0 Å². The zero-order valence-corrected chi connectivity index (χ0v) is 7.62. The molecule has 2 heteroatoms. The summed E-state index contributed by atoms with van der Waals surface area (Å²) in [5, 5.41) is 0. The van der Waals surface area contributed by atoms with Crippen LogP contribution in [-0.2, 0) is 11.2 Å². The molecule has 0 unspecified atom stereocenters. The molecule has 13 heavy (non-hydrogen) atoms. The first-order valence-corrected chi connectivity index (χ1v) is 4.07. The number of allylic oxidation sites excluding steroid dienone is 2. The molecule has 1 aromatic rings. The standard InChI is InChI=1S/C10H10O.CH2O/c1-8-6-7-9-4-2-3-5-10(9)11-8;1-2/h2-6H,7H2,1H3;1H2. The predicted molar refractivity (Wildman–Crippen MR) is 51.7 cm³/mol. The molecule has 0 aliphatic carbocycles. The van der Waals surface area contributed by atoms with Crippen LogP contribution < -0.4 is 4.74 Å². The third-order valence-corrected chi connectivity index (χ3v) is 1.85. The van der Waals surface area contributed by atoms with E-state index in [0.29, 0.717) is 0 Å². The first-order valence-electron chi connectivity index (χ1n) is 4.07. The number of rotatable bonds is 0. The van der Waals surface area contributed by atoms with E-state index in [1.165, 1.54) is 5.56 Å². The monoisotopic (exact) mass is 176 g/mol. The molecule has 0 amide bonds. The van der Waals surface area contributed by atoms with Crippen molar-refractivity contribution in [1.29, 1.82) is 0 Å². The number of fused-ring (bicyclic) bond motifs is 1. The highest BCUT2D eigenvalue weighted by molar-refractivity contribution is 5.38. The van der Waals surface area contributed by atoms with Gasteiger partial charge in [-0.2, -0.15) is 0 Å². The van der Waals surface area contributed by atoms with Crippen molar-refractivity contribution in [2.75, 3.05) is 0 Å². The van der Waals surface area contributed by atoms with Gasteiger partial charge in [0.1, 0.15) is 12.5 Å². The van der Waals surface area contributed by atoms with Crippen molar-refractivity contribution in [1.82, 2.24) is 0 Å². The average molecular weight is 176 g/mol. The van der Waals surface area contributed by atoms with Gasteiger partial charge in [0.25, 0.3) is 0 Å². The quantitative estimate of drug-likeness (QED) is 0.606. The molecule has 2 rings (SSSR count). The summed E-state index contributed by atoms with van der Waals surface area (Å²) in [6.45, 7) is 3.98. The normalized spacial score (nSPS) is 12.8. The van der Waals surface area contributed by atoms with Gasteiger partial charge in [0.15, 0.2) is 0 Å². The minimum Gasteiger partial charge on any atom is -0.462 e. The molecular formula is C11H12O2. The van der Waals surface area contributed by atoms with E-state index in [1.54, 1.807) is 0 Å². The summed E-state index contributed by atoms with van der Waals surface area (Å²) >= 11 is 0. The van der Waals surface area contributed by atoms with Crippen molar-refractivity contribution >= 4 is 6.79 Å². The number of carbonyl (C=O) groups is 1. The summed E-state index contributed by atoms with van der Waals surface area (Å²) in [5.41, 5.74) is 1.28. The summed E-state index contributed by atoms with van der Waals surface area (Å²) in [6, 6.07) is 8.14. The minimum atomic E-state index is 1.00. The van der Waals surface area contributed by atoms with Crippen LogP contribution in [0.1, 0.15) is 12.5 Å². The van der Waals surface area contributed by atoms with E-state index in [4.69, 9.17) is 9.53 Å². The fraction of sp³-hybridized carbons (Fsp3) is 0.182. The smallest absolute Gasteiger partial charge is 0.130 e. The Kier molecular flexibility index (Phi) is 3.26. The molecule has 0 aromatic heterocycles. The van der Waals surface area contributed by atoms with Crippen LogP contribution in [0.2, 0.25) is 0 Å². The van der Waals surface area contributed by atoms with Crippen molar-refractivity contribution in [3.8, 4) is 5.75 Å². The second kappa shape index (κ2) is 4.45. The highest BCUT2D eigenvalue weighted by Gasteiger charge is 2.06. The van der Waals surface area contributed by atoms with E-state index < -0.39 is 0 Å². The molecule has 68 valence electrons. The molecule has 0 saturated heterocycles. The molecule has 1 aliphatic heterocycles. The molecule has 0 bridgehead atoms. The molecule has 0 saturated carbocycles. The SMILES string of the molecule is C=O.CC1=CCc2ccccc2O1. The van der Waals surface area contributed by atoms with Gasteiger partial charge in [-0.15, -0.1) is 0 Å². The zero-order valence-electron chi connectivity index (χ0n) is 7.62. The van der Waals surface area contributed by atoms with Crippen LogP contribution in [0, 0.1) is 0 Å². The number of hydrogen-bond donors (Lipinski definition) is 0. The van der Waals surface area contributed by atoms with Crippen LogP contribution in [0.5, 0.6) is 5.75 Å². The molecule has 0 atom stereocenters. The Morgan fingerprint density at radius 1 is 1.31 bits per heavy atom. The Bertz CT molecular complexity index is 316. The topological polar surface area (TPSA) is 26.3 Å². The summed E-state index contributed by atoms with van der Waals surface area (Å²) in [7, 11) is 0. The lowest BCUT2D eigenvalue weighted by Crippen LogP contribution is -2.00. The lowest BCUT2D eigenvalue weighted by atomic mass is 10.1. The van der Waals surface area contributed by atoms with Gasteiger partial charge >= 0.3 is 0 Å². The molecule has 2 nitrogen and oxygen atoms in total. The van der Waals surface area contributed by atoms with E-state index in [0.717, 1.165) is 17.9 Å². The first kappa shape index (κ1) is 9.52. The Labute approximate surface area is 77.8 Å². The summed E-state index contributed by atoms with van der Waals surface area (Å²) in [4.78, 5) is 8.00. The molecular weight excluding hydrogens is 164 g/mol. The lowest BCUT2D eigenvalue weighted by Gasteiger charge is -2.14. The van der Waals surface area contributed by atoms with Gasteiger partial charge in [0.05, 0.1) is 5.76 Å². The van der Waals surface area contributed by atoms with Gasteiger partial charge in [0.2, 0.25) is 0 Å². The molecule has 0 N–H and O–H groups in total. The second-order valence-corrected chi connectivity index (χ2v) is 2.73. The highest BCUT2D eigenvalue weighted by Crippen LogP contribution is 2.24. The maximum atomic E-state index is 8.00. The minimum absolute atomic E-state index is 1.00. The van der Waals surface area contributed by atoms with E-state index in [2.05, 4.69) is 12.1 Å². The summed E-state index contributed by atoms with van der Waals surface area (Å²) in [5.74, 6) is 2.01. The van der Waals surface area contributed by atoms with Crippen molar-refractivity contribution in [2.24, 2.45) is 0 Å². The van der Waals surface area contributed by atoms with Crippen LogP contribution in [0.25, 0.3) is 0 Å².